The summed E-state index contributed by atoms with van der Waals surface area (Å²) in [5.41, 5.74) is 4.68. The number of ether oxygens (including phenoxy) is 1. The zero-order valence-corrected chi connectivity index (χ0v) is 19.1. The number of carbonyl (C=O) groups is 3. The van der Waals surface area contributed by atoms with Gasteiger partial charge in [-0.1, -0.05) is 55.0 Å². The number of rotatable bonds is 8. The second-order valence-electron chi connectivity index (χ2n) is 9.71. The first-order chi connectivity index (χ1) is 16.5. The fraction of sp³-hybridized carbons (Fsp3) is 0.444. The van der Waals surface area contributed by atoms with Crippen LogP contribution in [-0.2, 0) is 14.3 Å². The van der Waals surface area contributed by atoms with Gasteiger partial charge in [-0.2, -0.15) is 0 Å². The molecular formula is C27H30N2O5. The molecule has 2 aromatic rings. The molecule has 2 amide bonds. The maximum absolute atomic E-state index is 13.0. The maximum atomic E-state index is 13.0. The van der Waals surface area contributed by atoms with Crippen molar-refractivity contribution in [2.24, 2.45) is 17.8 Å². The number of carboxylic acids is 1. The van der Waals surface area contributed by atoms with E-state index in [1.165, 1.54) is 11.1 Å². The molecule has 2 N–H and O–H groups in total. The Bertz CT molecular complexity index is 1040. The molecule has 3 aliphatic rings. The van der Waals surface area contributed by atoms with Crippen molar-refractivity contribution in [3.8, 4) is 11.1 Å². The number of benzene rings is 2. The monoisotopic (exact) mass is 462 g/mol. The lowest BCUT2D eigenvalue weighted by molar-refractivity contribution is -0.149. The summed E-state index contributed by atoms with van der Waals surface area (Å²) in [5.74, 6) is -0.803. The molecule has 178 valence electrons. The third-order valence-corrected chi connectivity index (χ3v) is 7.58. The van der Waals surface area contributed by atoms with Gasteiger partial charge in [-0.15, -0.1) is 0 Å². The quantitative estimate of drug-likeness (QED) is 0.621. The first-order valence-corrected chi connectivity index (χ1v) is 12.1. The van der Waals surface area contributed by atoms with Gasteiger partial charge in [0.25, 0.3) is 0 Å². The molecule has 0 aromatic heterocycles. The Morgan fingerprint density at radius 3 is 2.18 bits per heavy atom. The summed E-state index contributed by atoms with van der Waals surface area (Å²) in [6, 6.07) is 16.4. The van der Waals surface area contributed by atoms with E-state index < -0.39 is 12.1 Å². The number of hydrogen-bond acceptors (Lipinski definition) is 4. The SMILES string of the molecule is O=C(O)CC1CN(C(=O)C(CNC(=O)OCC2c3ccccc3-c3ccccc32)C2CCC2)C1. The first kappa shape index (κ1) is 22.4. The lowest BCUT2D eigenvalue weighted by atomic mass is 9.74. The lowest BCUT2D eigenvalue weighted by Gasteiger charge is -2.43. The van der Waals surface area contributed by atoms with Crippen LogP contribution < -0.4 is 5.32 Å². The average Bonchev–Trinajstić information content (AvgIpc) is 3.09. The Balaban J connectivity index is 1.16. The Kier molecular flexibility index (Phi) is 6.26. The average molecular weight is 463 g/mol. The van der Waals surface area contributed by atoms with Crippen molar-refractivity contribution in [3.63, 3.8) is 0 Å². The fourth-order valence-corrected chi connectivity index (χ4v) is 5.50. The largest absolute Gasteiger partial charge is 0.481 e. The molecule has 2 aliphatic carbocycles. The Labute approximate surface area is 199 Å². The standard InChI is InChI=1S/C27H30N2O5/c30-25(31)12-17-14-29(15-17)26(32)23(18-6-5-7-18)13-28-27(33)34-16-24-21-10-3-1-8-19(21)20-9-2-4-11-22(20)24/h1-4,8-11,17-18,23-24H,5-7,12-16H2,(H,28,33)(H,30,31). The van der Waals surface area contributed by atoms with Crippen molar-refractivity contribution in [1.29, 1.82) is 0 Å². The van der Waals surface area contributed by atoms with Crippen molar-refractivity contribution in [1.82, 2.24) is 10.2 Å². The summed E-state index contributed by atoms with van der Waals surface area (Å²) in [7, 11) is 0. The van der Waals surface area contributed by atoms with Gasteiger partial charge in [0, 0.05) is 31.5 Å². The van der Waals surface area contributed by atoms with Crippen molar-refractivity contribution < 1.29 is 24.2 Å². The Morgan fingerprint density at radius 2 is 1.62 bits per heavy atom. The molecule has 1 saturated carbocycles. The summed E-state index contributed by atoms with van der Waals surface area (Å²) >= 11 is 0. The van der Waals surface area contributed by atoms with E-state index >= 15 is 0 Å². The van der Waals surface area contributed by atoms with E-state index in [9.17, 15) is 14.4 Å². The molecule has 1 atom stereocenters. The maximum Gasteiger partial charge on any atom is 0.407 e. The highest BCUT2D eigenvalue weighted by Crippen LogP contribution is 2.44. The van der Waals surface area contributed by atoms with Crippen LogP contribution in [0.15, 0.2) is 48.5 Å². The van der Waals surface area contributed by atoms with Gasteiger partial charge in [0.15, 0.2) is 0 Å². The van der Waals surface area contributed by atoms with E-state index in [2.05, 4.69) is 29.6 Å². The third kappa shape index (κ3) is 4.39. The molecule has 1 saturated heterocycles. The molecule has 0 spiro atoms. The van der Waals surface area contributed by atoms with Crippen LogP contribution in [-0.4, -0.2) is 54.2 Å². The van der Waals surface area contributed by atoms with Gasteiger partial charge >= 0.3 is 12.1 Å². The van der Waals surface area contributed by atoms with Crippen molar-refractivity contribution in [2.75, 3.05) is 26.2 Å². The van der Waals surface area contributed by atoms with Crippen LogP contribution in [0.25, 0.3) is 11.1 Å². The Morgan fingerprint density at radius 1 is 1.00 bits per heavy atom. The summed E-state index contributed by atoms with van der Waals surface area (Å²) < 4.78 is 5.62. The zero-order valence-electron chi connectivity index (χ0n) is 19.1. The van der Waals surface area contributed by atoms with Crippen molar-refractivity contribution in [3.05, 3.63) is 59.7 Å². The second-order valence-corrected chi connectivity index (χ2v) is 9.71. The van der Waals surface area contributed by atoms with Crippen LogP contribution in [0.4, 0.5) is 4.79 Å². The van der Waals surface area contributed by atoms with Crippen LogP contribution in [0.5, 0.6) is 0 Å². The first-order valence-electron chi connectivity index (χ1n) is 12.1. The number of nitrogens with one attached hydrogen (secondary N) is 1. The van der Waals surface area contributed by atoms with Gasteiger partial charge in [-0.3, -0.25) is 9.59 Å². The highest BCUT2D eigenvalue weighted by atomic mass is 16.5. The molecule has 34 heavy (non-hydrogen) atoms. The zero-order chi connectivity index (χ0) is 23.7. The molecule has 7 nitrogen and oxygen atoms in total. The second kappa shape index (κ2) is 9.49. The number of fused-ring (bicyclic) bond motifs is 3. The van der Waals surface area contributed by atoms with E-state index in [-0.39, 0.29) is 49.2 Å². The van der Waals surface area contributed by atoms with E-state index in [4.69, 9.17) is 9.84 Å². The predicted octanol–water partition coefficient (Wildman–Crippen LogP) is 3.87. The number of nitrogens with zero attached hydrogens (tertiary/aromatic N) is 1. The molecule has 7 heteroatoms. The summed E-state index contributed by atoms with van der Waals surface area (Å²) in [6.45, 7) is 1.46. The molecule has 2 aromatic carbocycles. The number of amides is 2. The van der Waals surface area contributed by atoms with Crippen LogP contribution >= 0.6 is 0 Å². The fourth-order valence-electron chi connectivity index (χ4n) is 5.50. The minimum absolute atomic E-state index is 0.00512. The number of aliphatic carboxylic acids is 1. The minimum atomic E-state index is -0.829. The van der Waals surface area contributed by atoms with Crippen LogP contribution in [0.3, 0.4) is 0 Å². The normalized spacial score (nSPS) is 18.3. The van der Waals surface area contributed by atoms with Crippen molar-refractivity contribution >= 4 is 18.0 Å². The topological polar surface area (TPSA) is 95.9 Å². The molecule has 0 radical (unpaired) electrons. The summed E-state index contributed by atoms with van der Waals surface area (Å²) in [5, 5.41) is 11.8. The van der Waals surface area contributed by atoms with E-state index in [1.807, 2.05) is 24.3 Å². The third-order valence-electron chi connectivity index (χ3n) is 7.58. The minimum Gasteiger partial charge on any atom is -0.481 e. The predicted molar refractivity (Wildman–Crippen MR) is 126 cm³/mol. The summed E-state index contributed by atoms with van der Waals surface area (Å²) in [6.07, 6.45) is 2.65. The van der Waals surface area contributed by atoms with Gasteiger partial charge in [0.05, 0.1) is 12.3 Å². The molecule has 1 aliphatic heterocycles. The number of likely N-dealkylation sites (tertiary alicyclic amines) is 1. The molecule has 1 unspecified atom stereocenters. The van der Waals surface area contributed by atoms with Gasteiger partial charge in [-0.25, -0.2) is 4.79 Å². The Hall–Kier alpha value is -3.35. The van der Waals surface area contributed by atoms with Crippen LogP contribution in [0.2, 0.25) is 0 Å². The number of carboxylic acid groups (broad SMARTS) is 1. The van der Waals surface area contributed by atoms with Crippen molar-refractivity contribution in [2.45, 2.75) is 31.6 Å². The van der Waals surface area contributed by atoms with Gasteiger partial charge in [-0.05, 0) is 41.0 Å². The summed E-state index contributed by atoms with van der Waals surface area (Å²) in [4.78, 5) is 38.2. The smallest absolute Gasteiger partial charge is 0.407 e. The number of hydrogen-bond donors (Lipinski definition) is 2. The lowest BCUT2D eigenvalue weighted by Crippen LogP contribution is -2.55. The van der Waals surface area contributed by atoms with Crippen LogP contribution in [0.1, 0.15) is 42.7 Å². The highest BCUT2D eigenvalue weighted by molar-refractivity contribution is 5.82. The van der Waals surface area contributed by atoms with E-state index in [0.29, 0.717) is 13.1 Å². The van der Waals surface area contributed by atoms with E-state index in [0.717, 1.165) is 30.4 Å². The molecule has 2 fully saturated rings. The molecular weight excluding hydrogens is 432 g/mol. The molecule has 5 rings (SSSR count). The van der Waals surface area contributed by atoms with E-state index in [1.54, 1.807) is 4.90 Å². The molecule has 1 heterocycles. The van der Waals surface area contributed by atoms with Crippen LogP contribution in [0, 0.1) is 17.8 Å². The number of alkyl carbamates (subject to hydrolysis) is 1. The number of carbonyl (C=O) groups excluding carboxylic acids is 2. The van der Waals surface area contributed by atoms with Gasteiger partial charge in [0.2, 0.25) is 5.91 Å². The molecule has 0 bridgehead atoms. The van der Waals surface area contributed by atoms with Gasteiger partial charge in [0.1, 0.15) is 6.61 Å². The highest BCUT2D eigenvalue weighted by Gasteiger charge is 2.40. The van der Waals surface area contributed by atoms with Gasteiger partial charge < -0.3 is 20.1 Å².